The molecule has 9 heteroatoms. The molecule has 0 atom stereocenters. The van der Waals surface area contributed by atoms with Crippen molar-refractivity contribution in [3.8, 4) is 27.7 Å². The van der Waals surface area contributed by atoms with E-state index < -0.39 is 11.6 Å². The van der Waals surface area contributed by atoms with Crippen LogP contribution in [-0.2, 0) is 6.54 Å². The number of fused-ring (bicyclic) bond motifs is 1. The highest BCUT2D eigenvalue weighted by Crippen LogP contribution is 2.30. The second-order valence-corrected chi connectivity index (χ2v) is 8.20. The number of H-pyrrole nitrogens is 1. The zero-order chi connectivity index (χ0) is 22.9. The van der Waals surface area contributed by atoms with Crippen molar-refractivity contribution in [1.82, 2.24) is 19.7 Å². The molecule has 6 nitrogen and oxygen atoms in total. The van der Waals surface area contributed by atoms with Gasteiger partial charge in [-0.25, -0.2) is 13.8 Å². The van der Waals surface area contributed by atoms with E-state index in [1.54, 1.807) is 19.2 Å². The summed E-state index contributed by atoms with van der Waals surface area (Å²) in [4.78, 5) is 19.5. The first kappa shape index (κ1) is 21.0. The van der Waals surface area contributed by atoms with Crippen molar-refractivity contribution < 1.29 is 13.5 Å². The zero-order valence-electron chi connectivity index (χ0n) is 17.5. The summed E-state index contributed by atoms with van der Waals surface area (Å²) in [6.07, 6.45) is 1.67. The molecule has 0 aliphatic carbocycles. The van der Waals surface area contributed by atoms with Gasteiger partial charge in [0, 0.05) is 46.3 Å². The average molecular weight is 464 g/mol. The molecule has 1 N–H and O–H groups in total. The number of ether oxygens (including phenoxy) is 1. The van der Waals surface area contributed by atoms with Crippen LogP contribution in [0.5, 0.6) is 5.75 Å². The second kappa shape index (κ2) is 8.59. The topological polar surface area (TPSA) is 72.8 Å². The summed E-state index contributed by atoms with van der Waals surface area (Å²) in [5, 5.41) is 7.92. The molecular formula is C24H18F2N4O2S. The van der Waals surface area contributed by atoms with Crippen LogP contribution in [0.3, 0.4) is 0 Å². The lowest BCUT2D eigenvalue weighted by Crippen LogP contribution is -2.08. The maximum atomic E-state index is 14.7. The van der Waals surface area contributed by atoms with Crippen molar-refractivity contribution in [3.63, 3.8) is 0 Å². The first-order valence-electron chi connectivity index (χ1n) is 10.2. The van der Waals surface area contributed by atoms with E-state index in [0.29, 0.717) is 34.1 Å². The number of hydrogen-bond donors (Lipinski definition) is 1. The number of halogens is 2. The Morgan fingerprint density at radius 3 is 2.64 bits per heavy atom. The molecule has 0 saturated heterocycles. The highest BCUT2D eigenvalue weighted by molar-refractivity contribution is 7.13. The fraction of sp³-hybridized carbons (Fsp3) is 0.125. The number of aromatic nitrogens is 4. The number of pyridine rings is 1. The summed E-state index contributed by atoms with van der Waals surface area (Å²) in [7, 11) is 0. The fourth-order valence-corrected chi connectivity index (χ4v) is 4.36. The van der Waals surface area contributed by atoms with Gasteiger partial charge in [-0.3, -0.25) is 9.48 Å². The molecule has 0 unspecified atom stereocenters. The summed E-state index contributed by atoms with van der Waals surface area (Å²) >= 11 is 1.42. The first-order chi connectivity index (χ1) is 16.0. The smallest absolute Gasteiger partial charge is 0.249 e. The SMILES string of the molecule is CCOc1cc(F)c(Cn2nc(-c3cc(-c4nccs4)cc(=O)[nH]3)c3ccccc32)c(F)c1. The lowest BCUT2D eigenvalue weighted by Gasteiger charge is -2.09. The van der Waals surface area contributed by atoms with Crippen LogP contribution in [0, 0.1) is 11.6 Å². The molecule has 166 valence electrons. The molecule has 0 amide bonds. The number of para-hydroxylation sites is 1. The largest absolute Gasteiger partial charge is 0.494 e. The highest BCUT2D eigenvalue weighted by Gasteiger charge is 2.18. The summed E-state index contributed by atoms with van der Waals surface area (Å²) in [6, 6.07) is 13.0. The lowest BCUT2D eigenvalue weighted by molar-refractivity contribution is 0.335. The quantitative estimate of drug-likeness (QED) is 0.373. The van der Waals surface area contributed by atoms with Gasteiger partial charge in [0.05, 0.1) is 24.4 Å². The van der Waals surface area contributed by atoms with E-state index in [1.165, 1.54) is 34.2 Å². The second-order valence-electron chi connectivity index (χ2n) is 7.31. The van der Waals surface area contributed by atoms with Gasteiger partial charge < -0.3 is 9.72 Å². The Morgan fingerprint density at radius 2 is 1.91 bits per heavy atom. The van der Waals surface area contributed by atoms with E-state index >= 15 is 0 Å². The number of nitrogens with one attached hydrogen (secondary N) is 1. The molecule has 2 aromatic carbocycles. The lowest BCUT2D eigenvalue weighted by atomic mass is 10.1. The highest BCUT2D eigenvalue weighted by atomic mass is 32.1. The Kier molecular flexibility index (Phi) is 5.47. The van der Waals surface area contributed by atoms with Gasteiger partial charge in [-0.05, 0) is 19.1 Å². The van der Waals surface area contributed by atoms with Crippen LogP contribution < -0.4 is 10.3 Å². The molecule has 0 aliphatic rings. The number of nitrogens with zero attached hydrogens (tertiary/aromatic N) is 3. The third-order valence-corrected chi connectivity index (χ3v) is 5.99. The monoisotopic (exact) mass is 464 g/mol. The first-order valence-corrected chi connectivity index (χ1v) is 11.1. The maximum absolute atomic E-state index is 14.7. The van der Waals surface area contributed by atoms with E-state index in [-0.39, 0.29) is 23.4 Å². The van der Waals surface area contributed by atoms with Gasteiger partial charge >= 0.3 is 0 Å². The molecule has 0 spiro atoms. The number of benzene rings is 2. The van der Waals surface area contributed by atoms with Crippen molar-refractivity contribution >= 4 is 22.2 Å². The van der Waals surface area contributed by atoms with Gasteiger partial charge in [-0.2, -0.15) is 5.10 Å². The molecule has 5 aromatic rings. The van der Waals surface area contributed by atoms with Crippen LogP contribution in [0.4, 0.5) is 8.78 Å². The summed E-state index contributed by atoms with van der Waals surface area (Å²) in [5.41, 5.74) is 1.94. The van der Waals surface area contributed by atoms with E-state index in [1.807, 2.05) is 29.6 Å². The van der Waals surface area contributed by atoms with Crippen LogP contribution in [0.2, 0.25) is 0 Å². The van der Waals surface area contributed by atoms with Crippen LogP contribution >= 0.6 is 11.3 Å². The predicted molar refractivity (Wildman–Crippen MR) is 124 cm³/mol. The number of aromatic amines is 1. The van der Waals surface area contributed by atoms with Crippen LogP contribution in [0.15, 0.2) is 64.9 Å². The van der Waals surface area contributed by atoms with Gasteiger partial charge in [0.1, 0.15) is 28.1 Å². The normalized spacial score (nSPS) is 11.2. The molecular weight excluding hydrogens is 446 g/mol. The standard InChI is InChI=1S/C24H18F2N4O2S/c1-2-32-15-11-18(25)17(19(26)12-15)13-30-21-6-4-3-5-16(21)23(29-30)20-9-14(10-22(31)28-20)24-27-7-8-33-24/h3-12H,2,13H2,1H3,(H,28,31). The third kappa shape index (κ3) is 4.03. The number of hydrogen-bond acceptors (Lipinski definition) is 5. The van der Waals surface area contributed by atoms with Crippen LogP contribution in [0.25, 0.3) is 32.9 Å². The fourth-order valence-electron chi connectivity index (χ4n) is 3.74. The average Bonchev–Trinajstić information content (AvgIpc) is 3.45. The van der Waals surface area contributed by atoms with Gasteiger partial charge in [0.25, 0.3) is 0 Å². The zero-order valence-corrected chi connectivity index (χ0v) is 18.3. The van der Waals surface area contributed by atoms with Gasteiger partial charge in [0.15, 0.2) is 0 Å². The maximum Gasteiger partial charge on any atom is 0.249 e. The summed E-state index contributed by atoms with van der Waals surface area (Å²) < 4.78 is 36.1. The molecule has 0 saturated carbocycles. The number of thiazole rings is 1. The van der Waals surface area contributed by atoms with Crippen LogP contribution in [0.1, 0.15) is 12.5 Å². The molecule has 0 aliphatic heterocycles. The predicted octanol–water partition coefficient (Wildman–Crippen LogP) is 5.24. The molecule has 5 rings (SSSR count). The van der Waals surface area contributed by atoms with Crippen molar-refractivity contribution in [2.24, 2.45) is 0 Å². The molecule has 0 bridgehead atoms. The molecule has 33 heavy (non-hydrogen) atoms. The Morgan fingerprint density at radius 1 is 1.12 bits per heavy atom. The van der Waals surface area contributed by atoms with E-state index in [0.717, 1.165) is 5.39 Å². The van der Waals surface area contributed by atoms with Gasteiger partial charge in [-0.15, -0.1) is 11.3 Å². The van der Waals surface area contributed by atoms with Gasteiger partial charge in [-0.1, -0.05) is 18.2 Å². The molecule has 3 heterocycles. The van der Waals surface area contributed by atoms with E-state index in [9.17, 15) is 13.6 Å². The van der Waals surface area contributed by atoms with Crippen LogP contribution in [-0.4, -0.2) is 26.4 Å². The molecule has 3 aromatic heterocycles. The molecule has 0 fully saturated rings. The Hall–Kier alpha value is -3.85. The molecule has 0 radical (unpaired) electrons. The summed E-state index contributed by atoms with van der Waals surface area (Å²) in [5.74, 6) is -1.28. The number of rotatable bonds is 6. The van der Waals surface area contributed by atoms with Gasteiger partial charge in [0.2, 0.25) is 5.56 Å². The van der Waals surface area contributed by atoms with E-state index in [2.05, 4.69) is 15.1 Å². The van der Waals surface area contributed by atoms with Crippen molar-refractivity contribution in [3.05, 3.63) is 87.7 Å². The third-order valence-electron chi connectivity index (χ3n) is 5.17. The van der Waals surface area contributed by atoms with Crippen molar-refractivity contribution in [2.75, 3.05) is 6.61 Å². The van der Waals surface area contributed by atoms with Crippen molar-refractivity contribution in [2.45, 2.75) is 13.5 Å². The minimum Gasteiger partial charge on any atom is -0.494 e. The minimum atomic E-state index is -0.709. The minimum absolute atomic E-state index is 0.122. The Labute approximate surface area is 191 Å². The summed E-state index contributed by atoms with van der Waals surface area (Å²) in [6.45, 7) is 1.93. The van der Waals surface area contributed by atoms with Crippen molar-refractivity contribution in [1.29, 1.82) is 0 Å². The Balaban J connectivity index is 1.62. The Bertz CT molecular complexity index is 1490. The van der Waals surface area contributed by atoms with E-state index in [4.69, 9.17) is 4.74 Å².